The molecule has 2 atom stereocenters. The van der Waals surface area contributed by atoms with E-state index in [-0.39, 0.29) is 5.56 Å². The van der Waals surface area contributed by atoms with Crippen molar-refractivity contribution in [3.05, 3.63) is 124 Å². The molecule has 1 amide bonds. The van der Waals surface area contributed by atoms with Crippen molar-refractivity contribution in [2.45, 2.75) is 44.9 Å². The maximum Gasteiger partial charge on any atom is 0.254 e. The van der Waals surface area contributed by atoms with Crippen molar-refractivity contribution in [2.24, 2.45) is 0 Å². The topological polar surface area (TPSA) is 74.2 Å². The van der Waals surface area contributed by atoms with E-state index in [1.807, 2.05) is 67.6 Å². The Morgan fingerprint density at radius 3 is 2.63 bits per heavy atom. The van der Waals surface area contributed by atoms with Gasteiger partial charge in [-0.2, -0.15) is 0 Å². The highest BCUT2D eigenvalue weighted by atomic mass is 19.1. The number of rotatable bonds is 9. The molecule has 5 nitrogen and oxygen atoms in total. The molecule has 1 aliphatic carbocycles. The van der Waals surface area contributed by atoms with E-state index < -0.39 is 23.9 Å². The second-order valence-corrected chi connectivity index (χ2v) is 9.87. The summed E-state index contributed by atoms with van der Waals surface area (Å²) in [5, 5.41) is 17.0. The van der Waals surface area contributed by atoms with Gasteiger partial charge in [0.15, 0.2) is 0 Å². The van der Waals surface area contributed by atoms with Crippen LogP contribution in [0.15, 0.2) is 84.9 Å². The molecule has 3 aromatic carbocycles. The minimum atomic E-state index is -0.759. The zero-order valence-corrected chi connectivity index (χ0v) is 21.5. The average molecular weight is 510 g/mol. The van der Waals surface area contributed by atoms with Gasteiger partial charge in [-0.25, -0.2) is 4.39 Å². The quantitative estimate of drug-likeness (QED) is 0.268. The molecule has 0 aliphatic heterocycles. The van der Waals surface area contributed by atoms with Crippen molar-refractivity contribution in [3.63, 3.8) is 0 Å². The lowest BCUT2D eigenvalue weighted by Gasteiger charge is -2.19. The van der Waals surface area contributed by atoms with Crippen LogP contribution in [0.4, 0.5) is 4.39 Å². The number of nitrogens with one attached hydrogen (secondary N) is 2. The van der Waals surface area contributed by atoms with Crippen molar-refractivity contribution in [1.82, 2.24) is 15.6 Å². The van der Waals surface area contributed by atoms with E-state index in [0.29, 0.717) is 18.5 Å². The molecule has 4 aromatic rings. The fraction of sp³-hybridized carbons (Fsp3) is 0.250. The van der Waals surface area contributed by atoms with Crippen LogP contribution in [0.1, 0.15) is 50.9 Å². The molecule has 1 heterocycles. The maximum atomic E-state index is 14.9. The number of hydrogen-bond acceptors (Lipinski definition) is 4. The van der Waals surface area contributed by atoms with Crippen LogP contribution in [0.2, 0.25) is 0 Å². The Hall–Kier alpha value is -3.87. The van der Waals surface area contributed by atoms with Gasteiger partial charge < -0.3 is 15.7 Å². The Bertz CT molecular complexity index is 1420. The van der Waals surface area contributed by atoms with E-state index in [1.165, 1.54) is 12.1 Å². The van der Waals surface area contributed by atoms with E-state index in [1.54, 1.807) is 6.07 Å². The van der Waals surface area contributed by atoms with Gasteiger partial charge in [0.2, 0.25) is 0 Å². The first-order valence-corrected chi connectivity index (χ1v) is 13.1. The van der Waals surface area contributed by atoms with Crippen LogP contribution in [0.5, 0.6) is 0 Å². The first-order chi connectivity index (χ1) is 18.5. The van der Waals surface area contributed by atoms with Gasteiger partial charge in [0.05, 0.1) is 17.7 Å². The summed E-state index contributed by atoms with van der Waals surface area (Å²) in [6, 6.07) is 25.7. The highest BCUT2D eigenvalue weighted by Crippen LogP contribution is 2.33. The number of fused-ring (bicyclic) bond motifs is 1. The van der Waals surface area contributed by atoms with E-state index in [4.69, 9.17) is 0 Å². The fourth-order valence-electron chi connectivity index (χ4n) is 5.05. The Labute approximate surface area is 222 Å². The Balaban J connectivity index is 1.20. The number of aliphatic hydroxyl groups is 1. The summed E-state index contributed by atoms with van der Waals surface area (Å²) in [4.78, 5) is 17.6. The summed E-state index contributed by atoms with van der Waals surface area (Å²) < 4.78 is 14.9. The molecule has 1 aliphatic rings. The molecule has 0 spiro atoms. The Kier molecular flexibility index (Phi) is 7.91. The van der Waals surface area contributed by atoms with Crippen molar-refractivity contribution >= 4 is 5.91 Å². The third-order valence-electron chi connectivity index (χ3n) is 7.03. The highest BCUT2D eigenvalue weighted by Gasteiger charge is 2.33. The van der Waals surface area contributed by atoms with Gasteiger partial charge in [0.25, 0.3) is 5.91 Å². The van der Waals surface area contributed by atoms with E-state index >= 15 is 0 Å². The standard InChI is InChI=1S/C32H32FN3O2/c1-21-7-5-10-26(35-21)11-6-16-34-20-22-12-13-25-19-30(37)31(28(25)17-22)36-32(38)27-15-14-24(18-29(27)33)23-8-3-2-4-9-23/h2-5,7-10,12-15,17-18,30-31,34,37H,6,11,16,19-20H2,1H3,(H,36,38)/t30-,31-/m1/s1. The number of nitrogens with zero attached hydrogens (tertiary/aromatic N) is 1. The average Bonchev–Trinajstić information content (AvgIpc) is 3.23. The molecule has 5 rings (SSSR count). The van der Waals surface area contributed by atoms with E-state index in [0.717, 1.165) is 53.0 Å². The van der Waals surface area contributed by atoms with Crippen molar-refractivity contribution < 1.29 is 14.3 Å². The zero-order valence-electron chi connectivity index (χ0n) is 21.5. The number of benzene rings is 3. The summed E-state index contributed by atoms with van der Waals surface area (Å²) in [5.74, 6) is -1.12. The lowest BCUT2D eigenvalue weighted by molar-refractivity contribution is 0.0854. The smallest absolute Gasteiger partial charge is 0.254 e. The number of aromatic nitrogens is 1. The summed E-state index contributed by atoms with van der Waals surface area (Å²) in [6.07, 6.45) is 1.59. The predicted molar refractivity (Wildman–Crippen MR) is 147 cm³/mol. The lowest BCUT2D eigenvalue weighted by atomic mass is 10.0. The maximum absolute atomic E-state index is 14.9. The third-order valence-corrected chi connectivity index (χ3v) is 7.03. The third kappa shape index (κ3) is 5.98. The minimum absolute atomic E-state index is 0.0359. The molecular weight excluding hydrogens is 477 g/mol. The van der Waals surface area contributed by atoms with Gasteiger partial charge in [-0.05, 0) is 78.4 Å². The SMILES string of the molecule is Cc1cccc(CCCNCc2ccc3c(c2)[C@@H](NC(=O)c2ccc(-c4ccccc4)cc2F)[C@H](O)C3)n1. The van der Waals surface area contributed by atoms with Gasteiger partial charge >= 0.3 is 0 Å². The molecule has 6 heteroatoms. The van der Waals surface area contributed by atoms with Crippen molar-refractivity contribution in [1.29, 1.82) is 0 Å². The molecule has 1 aromatic heterocycles. The van der Waals surface area contributed by atoms with Crippen LogP contribution in [0.25, 0.3) is 11.1 Å². The number of aryl methyl sites for hydroxylation is 2. The Morgan fingerprint density at radius 1 is 1.00 bits per heavy atom. The fourth-order valence-corrected chi connectivity index (χ4v) is 5.05. The summed E-state index contributed by atoms with van der Waals surface area (Å²) in [5.41, 5.74) is 6.64. The van der Waals surface area contributed by atoms with Crippen LogP contribution >= 0.6 is 0 Å². The van der Waals surface area contributed by atoms with Crippen LogP contribution in [-0.4, -0.2) is 28.6 Å². The number of pyridine rings is 1. The van der Waals surface area contributed by atoms with Gasteiger partial charge in [-0.15, -0.1) is 0 Å². The number of carbonyl (C=O) groups is 1. The van der Waals surface area contributed by atoms with Crippen LogP contribution in [0, 0.1) is 12.7 Å². The molecular formula is C32H32FN3O2. The van der Waals surface area contributed by atoms with Gasteiger partial charge in [-0.3, -0.25) is 9.78 Å². The Morgan fingerprint density at radius 2 is 1.84 bits per heavy atom. The van der Waals surface area contributed by atoms with E-state index in [2.05, 4.69) is 21.7 Å². The number of amides is 1. The lowest BCUT2D eigenvalue weighted by Crippen LogP contribution is -2.34. The molecule has 0 radical (unpaired) electrons. The summed E-state index contributed by atoms with van der Waals surface area (Å²) in [7, 11) is 0. The first kappa shape index (κ1) is 25.8. The molecule has 194 valence electrons. The predicted octanol–water partition coefficient (Wildman–Crippen LogP) is 5.31. The second-order valence-electron chi connectivity index (χ2n) is 9.87. The van der Waals surface area contributed by atoms with Gasteiger partial charge in [-0.1, -0.05) is 60.7 Å². The largest absolute Gasteiger partial charge is 0.390 e. The number of halogens is 1. The monoisotopic (exact) mass is 509 g/mol. The summed E-state index contributed by atoms with van der Waals surface area (Å²) >= 11 is 0. The van der Waals surface area contributed by atoms with E-state index in [9.17, 15) is 14.3 Å². The number of aliphatic hydroxyl groups excluding tert-OH is 1. The van der Waals surface area contributed by atoms with Crippen molar-refractivity contribution in [2.75, 3.05) is 6.54 Å². The number of hydrogen-bond donors (Lipinski definition) is 3. The molecule has 0 unspecified atom stereocenters. The molecule has 0 saturated carbocycles. The zero-order chi connectivity index (χ0) is 26.5. The first-order valence-electron chi connectivity index (χ1n) is 13.1. The van der Waals surface area contributed by atoms with Gasteiger partial charge in [0.1, 0.15) is 5.82 Å². The van der Waals surface area contributed by atoms with Crippen LogP contribution in [0.3, 0.4) is 0 Å². The number of carbonyl (C=O) groups excluding carboxylic acids is 1. The van der Waals surface area contributed by atoms with Crippen molar-refractivity contribution in [3.8, 4) is 11.1 Å². The summed E-state index contributed by atoms with van der Waals surface area (Å²) in [6.45, 7) is 3.54. The molecule has 38 heavy (non-hydrogen) atoms. The second kappa shape index (κ2) is 11.7. The molecule has 0 saturated heterocycles. The van der Waals surface area contributed by atoms with Crippen LogP contribution < -0.4 is 10.6 Å². The highest BCUT2D eigenvalue weighted by molar-refractivity contribution is 5.95. The normalized spacial score (nSPS) is 16.3. The molecule has 0 fully saturated rings. The van der Waals surface area contributed by atoms with Crippen LogP contribution in [-0.2, 0) is 19.4 Å². The minimum Gasteiger partial charge on any atom is -0.390 e. The molecule has 0 bridgehead atoms. The van der Waals surface area contributed by atoms with Gasteiger partial charge in [0, 0.05) is 24.4 Å². The molecule has 3 N–H and O–H groups in total.